The highest BCUT2D eigenvalue weighted by atomic mass is 35.5. The van der Waals surface area contributed by atoms with Crippen molar-refractivity contribution in [3.05, 3.63) is 53.3 Å². The molecule has 0 unspecified atom stereocenters. The number of morpholine rings is 1. The van der Waals surface area contributed by atoms with Gasteiger partial charge in [-0.25, -0.2) is 0 Å². The highest BCUT2D eigenvalue weighted by molar-refractivity contribution is 6.31. The van der Waals surface area contributed by atoms with Crippen LogP contribution < -0.4 is 0 Å². The first kappa shape index (κ1) is 15.5. The van der Waals surface area contributed by atoms with Gasteiger partial charge in [-0.3, -0.25) is 9.58 Å². The quantitative estimate of drug-likeness (QED) is 0.820. The molecular weight excluding hydrogens is 298 g/mol. The van der Waals surface area contributed by atoms with Crippen LogP contribution in [-0.4, -0.2) is 47.0 Å². The molecule has 0 aliphatic carbocycles. The van der Waals surface area contributed by atoms with Crippen LogP contribution in [0.1, 0.15) is 12.0 Å². The number of ether oxygens (including phenoxy) is 1. The van der Waals surface area contributed by atoms with E-state index in [-0.39, 0.29) is 6.10 Å². The number of nitrogens with zero attached hydrogens (tertiary/aromatic N) is 3. The molecule has 0 N–H and O–H groups in total. The summed E-state index contributed by atoms with van der Waals surface area (Å²) in [6.45, 7) is 4.85. The van der Waals surface area contributed by atoms with Crippen molar-refractivity contribution in [2.45, 2.75) is 25.5 Å². The zero-order chi connectivity index (χ0) is 15.2. The number of benzene rings is 1. The van der Waals surface area contributed by atoms with Gasteiger partial charge in [-0.1, -0.05) is 29.8 Å². The van der Waals surface area contributed by atoms with E-state index in [2.05, 4.69) is 16.1 Å². The predicted molar refractivity (Wildman–Crippen MR) is 88.2 cm³/mol. The Kier molecular flexibility index (Phi) is 5.48. The average molecular weight is 320 g/mol. The summed E-state index contributed by atoms with van der Waals surface area (Å²) >= 11 is 6.24. The molecule has 2 aromatic rings. The van der Waals surface area contributed by atoms with Crippen LogP contribution in [0.2, 0.25) is 5.02 Å². The van der Waals surface area contributed by atoms with Gasteiger partial charge in [-0.2, -0.15) is 5.10 Å². The molecule has 1 fully saturated rings. The number of aryl methyl sites for hydroxylation is 1. The van der Waals surface area contributed by atoms with Gasteiger partial charge in [0.25, 0.3) is 0 Å². The standard InChI is InChI=1S/C17H22ClN3O/c18-17-6-2-1-5-15(17)13-16-14-20(11-12-22-16)8-4-10-21-9-3-7-19-21/h1-3,5-7,9,16H,4,8,10-14H2/t16-/m0/s1. The van der Waals surface area contributed by atoms with Gasteiger partial charge in [0.1, 0.15) is 0 Å². The van der Waals surface area contributed by atoms with Crippen molar-refractivity contribution in [3.8, 4) is 0 Å². The fourth-order valence-electron chi connectivity index (χ4n) is 2.91. The van der Waals surface area contributed by atoms with Crippen molar-refractivity contribution in [1.82, 2.24) is 14.7 Å². The number of aromatic nitrogens is 2. The molecule has 1 saturated heterocycles. The molecule has 0 bridgehead atoms. The highest BCUT2D eigenvalue weighted by Gasteiger charge is 2.21. The summed E-state index contributed by atoms with van der Waals surface area (Å²) in [6, 6.07) is 10.00. The first-order valence-electron chi connectivity index (χ1n) is 7.86. The molecule has 1 aliphatic heterocycles. The molecule has 0 saturated carbocycles. The largest absolute Gasteiger partial charge is 0.375 e. The van der Waals surface area contributed by atoms with E-state index >= 15 is 0 Å². The van der Waals surface area contributed by atoms with Crippen molar-refractivity contribution in [1.29, 1.82) is 0 Å². The second kappa shape index (κ2) is 7.77. The van der Waals surface area contributed by atoms with Gasteiger partial charge in [0.05, 0.1) is 12.7 Å². The highest BCUT2D eigenvalue weighted by Crippen LogP contribution is 2.19. The van der Waals surface area contributed by atoms with Gasteiger partial charge in [0.2, 0.25) is 0 Å². The smallest absolute Gasteiger partial charge is 0.0743 e. The van der Waals surface area contributed by atoms with E-state index in [1.165, 1.54) is 5.56 Å². The topological polar surface area (TPSA) is 30.3 Å². The van der Waals surface area contributed by atoms with Crippen molar-refractivity contribution in [2.75, 3.05) is 26.2 Å². The molecular formula is C17H22ClN3O. The van der Waals surface area contributed by atoms with E-state index in [0.29, 0.717) is 0 Å². The first-order chi connectivity index (χ1) is 10.8. The van der Waals surface area contributed by atoms with Crippen LogP contribution in [0.3, 0.4) is 0 Å². The maximum Gasteiger partial charge on any atom is 0.0743 e. The van der Waals surface area contributed by atoms with Crippen molar-refractivity contribution in [2.24, 2.45) is 0 Å². The summed E-state index contributed by atoms with van der Waals surface area (Å²) in [5.74, 6) is 0. The molecule has 0 spiro atoms. The van der Waals surface area contributed by atoms with Gasteiger partial charge in [-0.05, 0) is 24.1 Å². The van der Waals surface area contributed by atoms with Crippen LogP contribution in [0.15, 0.2) is 42.7 Å². The number of hydrogen-bond donors (Lipinski definition) is 0. The lowest BCUT2D eigenvalue weighted by molar-refractivity contribution is -0.0281. The summed E-state index contributed by atoms with van der Waals surface area (Å²) in [6.07, 6.45) is 6.07. The third-order valence-electron chi connectivity index (χ3n) is 4.05. The lowest BCUT2D eigenvalue weighted by Crippen LogP contribution is -2.43. The Morgan fingerprint density at radius 1 is 1.23 bits per heavy atom. The third-order valence-corrected chi connectivity index (χ3v) is 4.42. The second-order valence-corrected chi connectivity index (χ2v) is 6.12. The SMILES string of the molecule is Clc1ccccc1C[C@H]1CN(CCCn2cccn2)CCO1. The zero-order valence-electron chi connectivity index (χ0n) is 12.7. The molecule has 4 nitrogen and oxygen atoms in total. The fraction of sp³-hybridized carbons (Fsp3) is 0.471. The van der Waals surface area contributed by atoms with Crippen molar-refractivity contribution < 1.29 is 4.74 Å². The number of hydrogen-bond acceptors (Lipinski definition) is 3. The Morgan fingerprint density at radius 3 is 2.95 bits per heavy atom. The van der Waals surface area contributed by atoms with E-state index < -0.39 is 0 Å². The maximum absolute atomic E-state index is 6.24. The zero-order valence-corrected chi connectivity index (χ0v) is 13.5. The number of rotatable bonds is 6. The van der Waals surface area contributed by atoms with E-state index in [4.69, 9.17) is 16.3 Å². The molecule has 0 amide bonds. The summed E-state index contributed by atoms with van der Waals surface area (Å²) in [7, 11) is 0. The van der Waals surface area contributed by atoms with E-state index in [9.17, 15) is 0 Å². The molecule has 0 radical (unpaired) electrons. The van der Waals surface area contributed by atoms with Crippen LogP contribution in [0.5, 0.6) is 0 Å². The van der Waals surface area contributed by atoms with Crippen molar-refractivity contribution >= 4 is 11.6 Å². The van der Waals surface area contributed by atoms with Crippen molar-refractivity contribution in [3.63, 3.8) is 0 Å². The van der Waals surface area contributed by atoms with Gasteiger partial charge in [0, 0.05) is 50.0 Å². The molecule has 1 aliphatic rings. The maximum atomic E-state index is 6.24. The summed E-state index contributed by atoms with van der Waals surface area (Å²) in [5.41, 5.74) is 1.17. The number of halogens is 1. The van der Waals surface area contributed by atoms with Crippen LogP contribution in [-0.2, 0) is 17.7 Å². The molecule has 118 valence electrons. The Bertz CT molecular complexity index is 573. The monoisotopic (exact) mass is 319 g/mol. The second-order valence-electron chi connectivity index (χ2n) is 5.71. The molecule has 1 atom stereocenters. The minimum Gasteiger partial charge on any atom is -0.375 e. The summed E-state index contributed by atoms with van der Waals surface area (Å²) in [4.78, 5) is 2.48. The van der Waals surface area contributed by atoms with Crippen LogP contribution >= 0.6 is 11.6 Å². The van der Waals surface area contributed by atoms with E-state index in [1.807, 2.05) is 41.3 Å². The van der Waals surface area contributed by atoms with Crippen LogP contribution in [0, 0.1) is 0 Å². The molecule has 1 aromatic carbocycles. The fourth-order valence-corrected chi connectivity index (χ4v) is 3.12. The molecule has 5 heteroatoms. The minimum absolute atomic E-state index is 0.235. The summed E-state index contributed by atoms with van der Waals surface area (Å²) < 4.78 is 7.89. The van der Waals surface area contributed by atoms with E-state index in [0.717, 1.165) is 50.7 Å². The lowest BCUT2D eigenvalue weighted by atomic mass is 10.1. The van der Waals surface area contributed by atoms with Gasteiger partial charge in [0.15, 0.2) is 0 Å². The molecule has 3 rings (SSSR count). The van der Waals surface area contributed by atoms with E-state index in [1.54, 1.807) is 0 Å². The Labute approximate surface area is 136 Å². The van der Waals surface area contributed by atoms with Crippen LogP contribution in [0.4, 0.5) is 0 Å². The Balaban J connectivity index is 1.46. The normalized spacial score (nSPS) is 19.4. The molecule has 1 aromatic heterocycles. The molecule has 22 heavy (non-hydrogen) atoms. The first-order valence-corrected chi connectivity index (χ1v) is 8.24. The van der Waals surface area contributed by atoms with Gasteiger partial charge in [-0.15, -0.1) is 0 Å². The van der Waals surface area contributed by atoms with Gasteiger partial charge < -0.3 is 4.74 Å². The van der Waals surface area contributed by atoms with Gasteiger partial charge >= 0.3 is 0 Å². The Hall–Kier alpha value is -1.36. The predicted octanol–water partition coefficient (Wildman–Crippen LogP) is 2.87. The lowest BCUT2D eigenvalue weighted by Gasteiger charge is -2.33. The van der Waals surface area contributed by atoms with Crippen LogP contribution in [0.25, 0.3) is 0 Å². The average Bonchev–Trinajstić information content (AvgIpc) is 3.03. The Morgan fingerprint density at radius 2 is 2.14 bits per heavy atom. The molecule has 2 heterocycles. The minimum atomic E-state index is 0.235. The third kappa shape index (κ3) is 4.32. The summed E-state index contributed by atoms with van der Waals surface area (Å²) in [5, 5.41) is 5.07.